The summed E-state index contributed by atoms with van der Waals surface area (Å²) in [5.74, 6) is 0.941. The second-order valence-corrected chi connectivity index (χ2v) is 18.2. The van der Waals surface area contributed by atoms with Gasteiger partial charge in [0, 0.05) is 55.9 Å². The Kier molecular flexibility index (Phi) is 8.35. The van der Waals surface area contributed by atoms with Gasteiger partial charge >= 0.3 is 0 Å². The van der Waals surface area contributed by atoms with E-state index in [4.69, 9.17) is 9.97 Å². The summed E-state index contributed by atoms with van der Waals surface area (Å²) < 4.78 is 2.39. The zero-order valence-electron chi connectivity index (χ0n) is 36.2. The molecule has 2 atom stereocenters. The highest BCUT2D eigenvalue weighted by Gasteiger charge is 2.41. The molecule has 0 N–H and O–H groups in total. The van der Waals surface area contributed by atoms with Gasteiger partial charge in [0.2, 0.25) is 0 Å². The topological polar surface area (TPSA) is 34.0 Å². The average Bonchev–Trinajstić information content (AvgIpc) is 3.96. The number of hydrogen-bond acceptors (Lipinski definition) is 3. The molecule has 65 heavy (non-hydrogen) atoms. The Morgan fingerprint density at radius 2 is 1.09 bits per heavy atom. The summed E-state index contributed by atoms with van der Waals surface area (Å²) in [5, 5.41) is 2.54. The lowest BCUT2D eigenvalue weighted by Gasteiger charge is -2.31. The second-order valence-electron chi connectivity index (χ2n) is 18.2. The highest BCUT2D eigenvalue weighted by molar-refractivity contribution is 6.10. The van der Waals surface area contributed by atoms with Gasteiger partial charge in [-0.05, 0) is 99.6 Å². The lowest BCUT2D eigenvalue weighted by Crippen LogP contribution is -2.29. The van der Waals surface area contributed by atoms with Crippen molar-refractivity contribution in [3.05, 3.63) is 241 Å². The van der Waals surface area contributed by atoms with E-state index >= 15 is 0 Å². The lowest BCUT2D eigenvalue weighted by atomic mass is 9.81. The Morgan fingerprint density at radius 3 is 1.85 bits per heavy atom. The molecule has 0 radical (unpaired) electrons. The molecule has 8 aromatic carbocycles. The SMILES string of the molecule is CC1(C)c2cc(-c3nc(-c4ccccc4)cc(-c4ccccc4)n3)ccc2-c2ccc(N3c4ccccc4C4C=C(c5ccc6c(c5)c5ccccc5n6-c5ccccc5)C=CC43)cc21. The third-order valence-electron chi connectivity index (χ3n) is 14.1. The van der Waals surface area contributed by atoms with E-state index in [1.54, 1.807) is 0 Å². The zero-order valence-corrected chi connectivity index (χ0v) is 36.2. The molecule has 2 aliphatic carbocycles. The van der Waals surface area contributed by atoms with E-state index in [0.29, 0.717) is 0 Å². The van der Waals surface area contributed by atoms with Gasteiger partial charge in [0.05, 0.1) is 28.5 Å². The molecule has 4 heteroatoms. The van der Waals surface area contributed by atoms with Crippen molar-refractivity contribution >= 4 is 38.8 Å². The van der Waals surface area contributed by atoms with Crippen molar-refractivity contribution in [3.8, 4) is 50.7 Å². The number of hydrogen-bond donors (Lipinski definition) is 0. The fourth-order valence-corrected chi connectivity index (χ4v) is 11.0. The van der Waals surface area contributed by atoms with Crippen LogP contribution in [0, 0.1) is 0 Å². The molecule has 2 aromatic heterocycles. The molecule has 10 aromatic rings. The number of para-hydroxylation sites is 3. The fourth-order valence-electron chi connectivity index (χ4n) is 11.0. The molecule has 1 aliphatic heterocycles. The Morgan fingerprint density at radius 1 is 0.477 bits per heavy atom. The lowest BCUT2D eigenvalue weighted by molar-refractivity contribution is 0.659. The van der Waals surface area contributed by atoms with Gasteiger partial charge in [-0.1, -0.05) is 172 Å². The summed E-state index contributed by atoms with van der Waals surface area (Å²) >= 11 is 0. The van der Waals surface area contributed by atoms with Crippen LogP contribution in [0.2, 0.25) is 0 Å². The van der Waals surface area contributed by atoms with Crippen LogP contribution in [0.25, 0.3) is 78.1 Å². The number of anilines is 2. The third kappa shape index (κ3) is 5.91. The minimum Gasteiger partial charge on any atom is -0.333 e. The van der Waals surface area contributed by atoms with Crippen molar-refractivity contribution in [1.82, 2.24) is 14.5 Å². The van der Waals surface area contributed by atoms with Crippen LogP contribution >= 0.6 is 0 Å². The van der Waals surface area contributed by atoms with Gasteiger partial charge in [0.1, 0.15) is 0 Å². The summed E-state index contributed by atoms with van der Waals surface area (Å²) in [7, 11) is 0. The maximum Gasteiger partial charge on any atom is 0.160 e. The van der Waals surface area contributed by atoms with Crippen LogP contribution in [-0.2, 0) is 5.41 Å². The highest BCUT2D eigenvalue weighted by Crippen LogP contribution is 2.54. The van der Waals surface area contributed by atoms with E-state index in [-0.39, 0.29) is 17.4 Å². The molecule has 308 valence electrons. The Hall–Kier alpha value is -8.08. The summed E-state index contributed by atoms with van der Waals surface area (Å²) in [6.07, 6.45) is 7.29. The van der Waals surface area contributed by atoms with Crippen LogP contribution < -0.4 is 4.90 Å². The minimum absolute atomic E-state index is 0.157. The van der Waals surface area contributed by atoms with E-state index in [1.165, 1.54) is 77.8 Å². The van der Waals surface area contributed by atoms with Crippen molar-refractivity contribution in [2.24, 2.45) is 0 Å². The van der Waals surface area contributed by atoms with Crippen LogP contribution in [0.1, 0.15) is 42.0 Å². The number of allylic oxidation sites excluding steroid dienone is 2. The summed E-state index contributed by atoms with van der Waals surface area (Å²) in [5.41, 5.74) is 19.9. The third-order valence-corrected chi connectivity index (χ3v) is 14.1. The van der Waals surface area contributed by atoms with Crippen LogP contribution in [0.15, 0.2) is 218 Å². The molecule has 3 aliphatic rings. The van der Waals surface area contributed by atoms with Gasteiger partial charge in [-0.15, -0.1) is 0 Å². The molecule has 0 fully saturated rings. The van der Waals surface area contributed by atoms with Gasteiger partial charge in [-0.2, -0.15) is 0 Å². The predicted molar refractivity (Wildman–Crippen MR) is 269 cm³/mol. The van der Waals surface area contributed by atoms with Crippen LogP contribution in [0.4, 0.5) is 11.4 Å². The molecule has 0 saturated heterocycles. The molecule has 2 unspecified atom stereocenters. The molecular formula is C61H44N4. The largest absolute Gasteiger partial charge is 0.333 e. The van der Waals surface area contributed by atoms with E-state index in [1.807, 2.05) is 12.1 Å². The maximum atomic E-state index is 5.18. The number of benzene rings is 8. The Balaban J connectivity index is 0.852. The first-order valence-electron chi connectivity index (χ1n) is 22.6. The average molecular weight is 833 g/mol. The predicted octanol–water partition coefficient (Wildman–Crippen LogP) is 15.1. The standard InChI is InChI=1S/C61H44N4/c1-61(2)52-36-43(60-62-54(39-16-6-3-7-17-39)38-55(63-60)40-18-8-4-9-19-40)26-30-46(52)47-31-29-45(37-53(47)61)65-57-25-15-13-23-49(57)51-35-42(28-33-59(51)65)41-27-32-58-50(34-41)48-22-12-14-24-56(48)64(58)44-20-10-5-11-21-44/h3-38,51,59H,1-2H3. The number of aromatic nitrogens is 3. The van der Waals surface area contributed by atoms with Crippen molar-refractivity contribution in [1.29, 1.82) is 0 Å². The van der Waals surface area contributed by atoms with Crippen molar-refractivity contribution < 1.29 is 0 Å². The van der Waals surface area contributed by atoms with Crippen molar-refractivity contribution in [2.75, 3.05) is 4.90 Å². The smallest absolute Gasteiger partial charge is 0.160 e. The fraction of sp³-hybridized carbons (Fsp3) is 0.0820. The van der Waals surface area contributed by atoms with Crippen molar-refractivity contribution in [3.63, 3.8) is 0 Å². The molecule has 3 heterocycles. The van der Waals surface area contributed by atoms with Gasteiger partial charge < -0.3 is 9.47 Å². The van der Waals surface area contributed by atoms with Gasteiger partial charge in [0.25, 0.3) is 0 Å². The molecular weight excluding hydrogens is 789 g/mol. The van der Waals surface area contributed by atoms with Crippen LogP contribution in [0.3, 0.4) is 0 Å². The van der Waals surface area contributed by atoms with E-state index in [9.17, 15) is 0 Å². The first-order chi connectivity index (χ1) is 32.0. The first kappa shape index (κ1) is 37.5. The molecule has 0 amide bonds. The number of rotatable bonds is 6. The number of fused-ring (bicyclic) bond motifs is 9. The monoisotopic (exact) mass is 832 g/mol. The van der Waals surface area contributed by atoms with E-state index in [2.05, 4.69) is 230 Å². The maximum absolute atomic E-state index is 5.18. The Bertz CT molecular complexity index is 3520. The van der Waals surface area contributed by atoms with Gasteiger partial charge in [0.15, 0.2) is 5.82 Å². The molecule has 13 rings (SSSR count). The van der Waals surface area contributed by atoms with Crippen LogP contribution in [0.5, 0.6) is 0 Å². The first-order valence-corrected chi connectivity index (χ1v) is 22.6. The second kappa shape index (κ2) is 14.5. The van der Waals surface area contributed by atoms with Crippen molar-refractivity contribution in [2.45, 2.75) is 31.2 Å². The molecule has 4 nitrogen and oxygen atoms in total. The highest BCUT2D eigenvalue weighted by atomic mass is 15.2. The Labute approximate surface area is 379 Å². The normalized spacial score (nSPS) is 16.6. The zero-order chi connectivity index (χ0) is 43.2. The molecule has 0 saturated carbocycles. The summed E-state index contributed by atoms with van der Waals surface area (Å²) in [6, 6.07) is 72.5. The van der Waals surface area contributed by atoms with Gasteiger partial charge in [-0.25, -0.2) is 9.97 Å². The quantitative estimate of drug-likeness (QED) is 0.167. The van der Waals surface area contributed by atoms with E-state index < -0.39 is 0 Å². The number of nitrogens with zero attached hydrogens (tertiary/aromatic N) is 4. The van der Waals surface area contributed by atoms with Crippen LogP contribution in [-0.4, -0.2) is 20.6 Å². The molecule has 0 spiro atoms. The summed E-state index contributed by atoms with van der Waals surface area (Å²) in [4.78, 5) is 12.9. The summed E-state index contributed by atoms with van der Waals surface area (Å²) in [6.45, 7) is 4.73. The van der Waals surface area contributed by atoms with E-state index in [0.717, 1.165) is 33.9 Å². The van der Waals surface area contributed by atoms with Gasteiger partial charge in [-0.3, -0.25) is 0 Å². The molecule has 0 bridgehead atoms. The minimum atomic E-state index is -0.244.